The number of carbonyl (C=O) groups excluding carboxylic acids is 1. The minimum Gasteiger partial charge on any atom is -0.275 e. The molecule has 1 saturated heterocycles. The summed E-state index contributed by atoms with van der Waals surface area (Å²) in [5.41, 5.74) is 0.170. The number of halogens is 2. The van der Waals surface area contributed by atoms with E-state index in [0.29, 0.717) is 5.69 Å². The van der Waals surface area contributed by atoms with E-state index in [2.05, 4.69) is 10.1 Å². The predicted octanol–water partition coefficient (Wildman–Crippen LogP) is 2.41. The van der Waals surface area contributed by atoms with Crippen molar-refractivity contribution >= 4 is 5.91 Å². The molecule has 3 heterocycles. The molecule has 2 aromatic heterocycles. The second kappa shape index (κ2) is 7.04. The number of carbonyl (C=O) groups is 1. The number of nitrogens with zero attached hydrogens (tertiary/aromatic N) is 5. The molecular formula is C16H19F2N5O. The fraction of sp³-hybridized carbons (Fsp3) is 0.438. The van der Waals surface area contributed by atoms with Gasteiger partial charge < -0.3 is 0 Å². The molecule has 0 aliphatic carbocycles. The van der Waals surface area contributed by atoms with Gasteiger partial charge in [-0.1, -0.05) is 6.07 Å². The van der Waals surface area contributed by atoms with Crippen molar-refractivity contribution in [2.24, 2.45) is 7.05 Å². The highest BCUT2D eigenvalue weighted by Crippen LogP contribution is 2.24. The Morgan fingerprint density at radius 3 is 2.71 bits per heavy atom. The summed E-state index contributed by atoms with van der Waals surface area (Å²) in [5.74, 6) is -0.467. The van der Waals surface area contributed by atoms with Gasteiger partial charge in [0.25, 0.3) is 12.3 Å². The van der Waals surface area contributed by atoms with E-state index < -0.39 is 18.0 Å². The Morgan fingerprint density at radius 2 is 2.08 bits per heavy atom. The van der Waals surface area contributed by atoms with Crippen LogP contribution in [0.15, 0.2) is 30.6 Å². The number of aromatic nitrogens is 3. The van der Waals surface area contributed by atoms with Gasteiger partial charge in [-0.15, -0.1) is 0 Å². The lowest BCUT2D eigenvalue weighted by molar-refractivity contribution is -0.00214. The van der Waals surface area contributed by atoms with Crippen molar-refractivity contribution < 1.29 is 13.6 Å². The lowest BCUT2D eigenvalue weighted by atomic mass is 10.2. The van der Waals surface area contributed by atoms with Gasteiger partial charge in [-0.3, -0.25) is 19.5 Å². The Morgan fingerprint density at radius 1 is 1.33 bits per heavy atom. The van der Waals surface area contributed by atoms with Crippen LogP contribution in [0.25, 0.3) is 0 Å². The summed E-state index contributed by atoms with van der Waals surface area (Å²) >= 11 is 0. The summed E-state index contributed by atoms with van der Waals surface area (Å²) in [6, 6.07) is 5.44. The zero-order chi connectivity index (χ0) is 17.1. The Balaban J connectivity index is 1.91. The molecule has 0 radical (unpaired) electrons. The van der Waals surface area contributed by atoms with Gasteiger partial charge in [0.05, 0.1) is 17.8 Å². The molecule has 1 aliphatic heterocycles. The zero-order valence-corrected chi connectivity index (χ0v) is 13.4. The summed E-state index contributed by atoms with van der Waals surface area (Å²) < 4.78 is 27.6. The first-order chi connectivity index (χ1) is 11.6. The third-order valence-electron chi connectivity index (χ3n) is 3.99. The van der Waals surface area contributed by atoms with Crippen molar-refractivity contribution in [2.45, 2.75) is 25.8 Å². The Labute approximate surface area is 138 Å². The van der Waals surface area contributed by atoms with Crippen molar-refractivity contribution in [3.63, 3.8) is 0 Å². The van der Waals surface area contributed by atoms with Gasteiger partial charge in [0.15, 0.2) is 0 Å². The van der Waals surface area contributed by atoms with Gasteiger partial charge in [-0.25, -0.2) is 13.8 Å². The first-order valence-electron chi connectivity index (χ1n) is 7.84. The van der Waals surface area contributed by atoms with E-state index >= 15 is 0 Å². The maximum Gasteiger partial charge on any atom is 0.282 e. The number of hydrogen-bond acceptors (Lipinski definition) is 4. The maximum atomic E-state index is 13.2. The largest absolute Gasteiger partial charge is 0.282 e. The van der Waals surface area contributed by atoms with Gasteiger partial charge in [0, 0.05) is 32.5 Å². The summed E-state index contributed by atoms with van der Waals surface area (Å²) in [4.78, 5) is 17.2. The third kappa shape index (κ3) is 3.43. The summed E-state index contributed by atoms with van der Waals surface area (Å²) in [6.07, 6.45) is 2.16. The average Bonchev–Trinajstić information content (AvgIpc) is 3.22. The van der Waals surface area contributed by atoms with Gasteiger partial charge in [-0.2, -0.15) is 5.10 Å². The van der Waals surface area contributed by atoms with E-state index in [4.69, 9.17) is 0 Å². The van der Waals surface area contributed by atoms with Gasteiger partial charge in [0.1, 0.15) is 5.69 Å². The Hall–Kier alpha value is -2.35. The van der Waals surface area contributed by atoms with E-state index in [1.807, 2.05) is 17.1 Å². The molecule has 3 rings (SSSR count). The molecule has 0 spiro atoms. The second-order valence-corrected chi connectivity index (χ2v) is 5.75. The zero-order valence-electron chi connectivity index (χ0n) is 13.4. The van der Waals surface area contributed by atoms with Crippen LogP contribution in [0.5, 0.6) is 0 Å². The van der Waals surface area contributed by atoms with Crippen LogP contribution in [-0.4, -0.2) is 43.8 Å². The normalized spacial score (nSPS) is 15.2. The van der Waals surface area contributed by atoms with Crippen LogP contribution in [0.3, 0.4) is 0 Å². The minimum atomic E-state index is -2.79. The number of pyridine rings is 1. The van der Waals surface area contributed by atoms with Crippen molar-refractivity contribution in [3.05, 3.63) is 47.5 Å². The molecule has 128 valence electrons. The smallest absolute Gasteiger partial charge is 0.275 e. The topological polar surface area (TPSA) is 54.3 Å². The highest BCUT2D eigenvalue weighted by molar-refractivity contribution is 5.94. The fourth-order valence-electron chi connectivity index (χ4n) is 2.86. The second-order valence-electron chi connectivity index (χ2n) is 5.75. The monoisotopic (exact) mass is 335 g/mol. The number of hydrazine groups is 1. The van der Waals surface area contributed by atoms with Crippen molar-refractivity contribution in [2.75, 3.05) is 13.1 Å². The molecule has 2 aromatic rings. The predicted molar refractivity (Wildman–Crippen MR) is 83.1 cm³/mol. The molecule has 8 heteroatoms. The summed E-state index contributed by atoms with van der Waals surface area (Å²) in [7, 11) is 1.53. The first-order valence-corrected chi connectivity index (χ1v) is 7.84. The Kier molecular flexibility index (Phi) is 4.84. The quantitative estimate of drug-likeness (QED) is 0.842. The van der Waals surface area contributed by atoms with Crippen LogP contribution in [0.2, 0.25) is 0 Å². The fourth-order valence-corrected chi connectivity index (χ4v) is 2.86. The lowest BCUT2D eigenvalue weighted by Gasteiger charge is -2.31. The highest BCUT2D eigenvalue weighted by atomic mass is 19.3. The molecule has 0 unspecified atom stereocenters. The molecular weight excluding hydrogens is 316 g/mol. The number of alkyl halides is 2. The van der Waals surface area contributed by atoms with Gasteiger partial charge in [0.2, 0.25) is 0 Å². The average molecular weight is 335 g/mol. The number of amides is 1. The number of rotatable bonds is 5. The molecule has 6 nitrogen and oxygen atoms in total. The third-order valence-corrected chi connectivity index (χ3v) is 3.99. The number of hydrogen-bond donors (Lipinski definition) is 0. The molecule has 24 heavy (non-hydrogen) atoms. The van der Waals surface area contributed by atoms with E-state index in [-0.39, 0.29) is 12.1 Å². The number of aryl methyl sites for hydroxylation is 1. The molecule has 0 bridgehead atoms. The standard InChI is InChI=1S/C16H19F2N5O/c1-21-11-13(14(20-21)15(17)18)16(24)23(22-8-4-5-9-22)10-12-6-2-3-7-19-12/h2-3,6-7,11,15H,4-5,8-10H2,1H3. The van der Waals surface area contributed by atoms with Crippen molar-refractivity contribution in [1.82, 2.24) is 24.8 Å². The van der Waals surface area contributed by atoms with Gasteiger partial charge >= 0.3 is 0 Å². The molecule has 1 fully saturated rings. The van der Waals surface area contributed by atoms with Crippen LogP contribution in [0.1, 0.15) is 41.0 Å². The molecule has 0 atom stereocenters. The first kappa shape index (κ1) is 16.5. The van der Waals surface area contributed by atoms with E-state index in [1.165, 1.54) is 22.9 Å². The Bertz CT molecular complexity index is 698. The van der Waals surface area contributed by atoms with E-state index in [0.717, 1.165) is 25.9 Å². The van der Waals surface area contributed by atoms with Crippen LogP contribution < -0.4 is 0 Å². The lowest BCUT2D eigenvalue weighted by Crippen LogP contribution is -2.44. The molecule has 1 amide bonds. The van der Waals surface area contributed by atoms with Crippen LogP contribution in [0, 0.1) is 0 Å². The highest BCUT2D eigenvalue weighted by Gasteiger charge is 2.31. The van der Waals surface area contributed by atoms with Crippen LogP contribution in [0.4, 0.5) is 8.78 Å². The molecule has 0 N–H and O–H groups in total. The minimum absolute atomic E-state index is 0.0599. The maximum absolute atomic E-state index is 13.2. The van der Waals surface area contributed by atoms with Crippen molar-refractivity contribution in [1.29, 1.82) is 0 Å². The molecule has 0 aromatic carbocycles. The summed E-state index contributed by atoms with van der Waals surface area (Å²) in [6.45, 7) is 1.70. The van der Waals surface area contributed by atoms with Crippen molar-refractivity contribution in [3.8, 4) is 0 Å². The van der Waals surface area contributed by atoms with Crippen LogP contribution in [-0.2, 0) is 13.6 Å². The molecule has 0 saturated carbocycles. The van der Waals surface area contributed by atoms with E-state index in [1.54, 1.807) is 12.3 Å². The molecule has 1 aliphatic rings. The van der Waals surface area contributed by atoms with Crippen LogP contribution >= 0.6 is 0 Å². The van der Waals surface area contributed by atoms with Gasteiger partial charge in [-0.05, 0) is 25.0 Å². The van der Waals surface area contributed by atoms with E-state index in [9.17, 15) is 13.6 Å². The SMILES string of the molecule is Cn1cc(C(=O)N(Cc2ccccn2)N2CCCC2)c(C(F)F)n1. The summed E-state index contributed by atoms with van der Waals surface area (Å²) in [5, 5.41) is 7.15.